The van der Waals surface area contributed by atoms with Crippen molar-refractivity contribution in [1.82, 2.24) is 35.3 Å². The third-order valence-electron chi connectivity index (χ3n) is 10.4. The Morgan fingerprint density at radius 1 is 0.889 bits per heavy atom. The Labute approximate surface area is 311 Å². The molecule has 4 aromatic carbocycles. The molecule has 13 nitrogen and oxygen atoms in total. The van der Waals surface area contributed by atoms with Crippen LogP contribution in [0.2, 0.25) is 0 Å². The third-order valence-corrected chi connectivity index (χ3v) is 10.4. The summed E-state index contributed by atoms with van der Waals surface area (Å²) in [5, 5.41) is 20.0. The summed E-state index contributed by atoms with van der Waals surface area (Å²) in [6.45, 7) is 0.365. The lowest BCUT2D eigenvalue weighted by molar-refractivity contribution is -0.986. The SMILES string of the molecule is C[N+]1(C(=O)NCc2ccccc2)C2CN(Cc3cccc4ncccc34)C(=O)C(Cc3ccc(O)cc3)N2C(=O)CN1Cc1nc(-c2ccccc2)no1. The predicted molar refractivity (Wildman–Crippen MR) is 198 cm³/mol. The largest absolute Gasteiger partial charge is 0.508 e. The zero-order valence-electron chi connectivity index (χ0n) is 29.7. The molecule has 13 heteroatoms. The molecule has 3 atom stereocenters. The quantitative estimate of drug-likeness (QED) is 0.199. The fourth-order valence-corrected chi connectivity index (χ4v) is 7.50. The number of carbonyl (C=O) groups excluding carboxylic acids is 3. The predicted octanol–water partition coefficient (Wildman–Crippen LogP) is 4.89. The fourth-order valence-electron chi connectivity index (χ4n) is 7.50. The number of urea groups is 1. The minimum atomic E-state index is -0.927. The van der Waals surface area contributed by atoms with Crippen LogP contribution in [0.4, 0.5) is 4.79 Å². The maximum atomic E-state index is 14.8. The molecule has 2 aliphatic heterocycles. The molecule has 2 aromatic heterocycles. The van der Waals surface area contributed by atoms with E-state index in [0.29, 0.717) is 5.82 Å². The summed E-state index contributed by atoms with van der Waals surface area (Å²) in [7, 11) is 1.77. The molecule has 4 amide bonds. The Morgan fingerprint density at radius 3 is 2.43 bits per heavy atom. The number of phenols is 1. The monoisotopic (exact) mass is 723 g/mol. The number of hydrogen-bond acceptors (Lipinski definition) is 9. The summed E-state index contributed by atoms with van der Waals surface area (Å²) < 4.78 is 5.31. The molecule has 0 spiro atoms. The van der Waals surface area contributed by atoms with Gasteiger partial charge in [-0.3, -0.25) is 24.8 Å². The van der Waals surface area contributed by atoms with Gasteiger partial charge in [-0.05, 0) is 41.0 Å². The molecular weight excluding hydrogens is 685 g/mol. The van der Waals surface area contributed by atoms with Gasteiger partial charge in [0.1, 0.15) is 24.9 Å². The van der Waals surface area contributed by atoms with E-state index in [1.165, 1.54) is 0 Å². The van der Waals surface area contributed by atoms with Crippen LogP contribution in [-0.2, 0) is 35.6 Å². The second-order valence-electron chi connectivity index (χ2n) is 13.7. The summed E-state index contributed by atoms with van der Waals surface area (Å²) in [5.41, 5.74) is 4.14. The molecule has 2 saturated heterocycles. The van der Waals surface area contributed by atoms with Gasteiger partial charge < -0.3 is 14.5 Å². The first-order valence-electron chi connectivity index (χ1n) is 17.8. The fraction of sp³-hybridized carbons (Fsp3) is 0.220. The maximum Gasteiger partial charge on any atom is 0.438 e. The first kappa shape index (κ1) is 34.6. The number of fused-ring (bicyclic) bond motifs is 2. The van der Waals surface area contributed by atoms with Crippen LogP contribution in [-0.4, -0.2) is 89.8 Å². The zero-order valence-corrected chi connectivity index (χ0v) is 29.7. The smallest absolute Gasteiger partial charge is 0.438 e. The lowest BCUT2D eigenvalue weighted by atomic mass is 9.97. The number of benzene rings is 4. The molecule has 0 radical (unpaired) electrons. The van der Waals surface area contributed by atoms with E-state index in [2.05, 4.69) is 20.4 Å². The molecule has 2 fully saturated rings. The van der Waals surface area contributed by atoms with Gasteiger partial charge in [0.25, 0.3) is 0 Å². The first-order chi connectivity index (χ1) is 26.3. The van der Waals surface area contributed by atoms with Gasteiger partial charge >= 0.3 is 6.03 Å². The van der Waals surface area contributed by atoms with E-state index in [9.17, 15) is 19.5 Å². The van der Waals surface area contributed by atoms with Crippen LogP contribution >= 0.6 is 0 Å². The molecule has 3 unspecified atom stereocenters. The Balaban J connectivity index is 1.19. The van der Waals surface area contributed by atoms with Gasteiger partial charge in [-0.1, -0.05) is 96.2 Å². The van der Waals surface area contributed by atoms with E-state index in [0.717, 1.165) is 33.2 Å². The van der Waals surface area contributed by atoms with E-state index < -0.39 is 16.8 Å². The summed E-state index contributed by atoms with van der Waals surface area (Å²) in [4.78, 5) is 56.4. The number of nitrogens with zero attached hydrogens (tertiary/aromatic N) is 7. The molecule has 2 N–H and O–H groups in total. The van der Waals surface area contributed by atoms with E-state index in [-0.39, 0.29) is 68.6 Å². The van der Waals surface area contributed by atoms with Crippen molar-refractivity contribution in [2.75, 3.05) is 20.1 Å². The molecule has 8 rings (SSSR count). The maximum absolute atomic E-state index is 14.8. The minimum Gasteiger partial charge on any atom is -0.508 e. The highest BCUT2D eigenvalue weighted by atomic mass is 16.5. The number of nitrogens with one attached hydrogen (secondary N) is 1. The molecule has 6 aromatic rings. The van der Waals surface area contributed by atoms with Gasteiger partial charge in [0.15, 0.2) is 0 Å². The van der Waals surface area contributed by atoms with Crippen molar-refractivity contribution in [1.29, 1.82) is 0 Å². The van der Waals surface area contributed by atoms with E-state index in [1.54, 1.807) is 52.3 Å². The average molecular weight is 724 g/mol. The Bertz CT molecular complexity index is 2300. The van der Waals surface area contributed by atoms with Gasteiger partial charge in [-0.25, -0.2) is 4.79 Å². The molecule has 272 valence electrons. The number of carbonyl (C=O) groups is 3. The first-order valence-corrected chi connectivity index (χ1v) is 17.8. The van der Waals surface area contributed by atoms with Gasteiger partial charge in [-0.2, -0.15) is 4.98 Å². The number of amides is 4. The summed E-state index contributed by atoms with van der Waals surface area (Å²) in [6.07, 6.45) is 1.09. The molecular formula is C41H39N8O5+. The topological polar surface area (TPSA) is 145 Å². The second-order valence-corrected chi connectivity index (χ2v) is 13.7. The van der Waals surface area contributed by atoms with Crippen molar-refractivity contribution in [3.8, 4) is 17.1 Å². The van der Waals surface area contributed by atoms with Crippen LogP contribution in [0.15, 0.2) is 126 Å². The van der Waals surface area contributed by atoms with Crippen LogP contribution in [0.25, 0.3) is 22.3 Å². The van der Waals surface area contributed by atoms with E-state index in [4.69, 9.17) is 4.52 Å². The lowest BCUT2D eigenvalue weighted by Gasteiger charge is -2.56. The lowest BCUT2D eigenvalue weighted by Crippen LogP contribution is -2.83. The van der Waals surface area contributed by atoms with Crippen LogP contribution in [0.5, 0.6) is 5.75 Å². The van der Waals surface area contributed by atoms with Gasteiger partial charge in [0.05, 0.1) is 19.1 Å². The number of piperazine rings is 1. The highest BCUT2D eigenvalue weighted by molar-refractivity contribution is 5.91. The number of quaternary nitrogens is 1. The number of hydrogen-bond donors (Lipinski definition) is 2. The Hall–Kier alpha value is -6.44. The van der Waals surface area contributed by atoms with Crippen molar-refractivity contribution in [3.63, 3.8) is 0 Å². The molecule has 4 heterocycles. The second kappa shape index (κ2) is 14.5. The number of phenolic OH excluding ortho intramolecular Hbond substituents is 1. The van der Waals surface area contributed by atoms with E-state index >= 15 is 0 Å². The Kier molecular flexibility index (Phi) is 9.32. The van der Waals surface area contributed by atoms with Crippen molar-refractivity contribution < 1.29 is 28.6 Å². The molecule has 0 aliphatic carbocycles. The van der Waals surface area contributed by atoms with Crippen LogP contribution in [0.3, 0.4) is 0 Å². The molecule has 54 heavy (non-hydrogen) atoms. The van der Waals surface area contributed by atoms with Crippen LogP contribution < -0.4 is 5.32 Å². The average Bonchev–Trinajstić information content (AvgIpc) is 3.67. The van der Waals surface area contributed by atoms with Crippen molar-refractivity contribution in [2.45, 2.75) is 38.3 Å². The highest BCUT2D eigenvalue weighted by Crippen LogP contribution is 2.35. The van der Waals surface area contributed by atoms with Crippen LogP contribution in [0.1, 0.15) is 22.6 Å². The molecule has 2 aliphatic rings. The van der Waals surface area contributed by atoms with Gasteiger partial charge in [0.2, 0.25) is 29.7 Å². The summed E-state index contributed by atoms with van der Waals surface area (Å²) in [6, 6.07) is 34.0. The zero-order chi connectivity index (χ0) is 37.2. The normalized spacial score (nSPS) is 20.2. The highest BCUT2D eigenvalue weighted by Gasteiger charge is 2.61. The Morgan fingerprint density at radius 2 is 1.65 bits per heavy atom. The standard InChI is InChI=1S/C41H38N8O5/c1-49(41(53)43-23-29-10-4-2-5-11-29)37-26-46(24-31-14-8-16-34-33(31)15-9-21-42-34)40(52)35(22-28-17-19-32(50)20-18-28)48(37)38(51)27-47(49)25-36-44-39(45-54-36)30-12-6-3-7-13-30/h2-21,35,37H,22-27H2,1H3,(H-,43,50,53)/p+1. The van der Waals surface area contributed by atoms with Gasteiger partial charge in [0, 0.05) is 36.7 Å². The number of rotatable bonds is 9. The molecule has 0 saturated carbocycles. The van der Waals surface area contributed by atoms with Crippen molar-refractivity contribution >= 4 is 28.7 Å². The van der Waals surface area contributed by atoms with E-state index in [1.807, 2.05) is 91.0 Å². The van der Waals surface area contributed by atoms with Crippen LogP contribution in [0, 0.1) is 0 Å². The summed E-state index contributed by atoms with van der Waals surface area (Å²) >= 11 is 0. The van der Waals surface area contributed by atoms with Crippen molar-refractivity contribution in [3.05, 3.63) is 144 Å². The number of aromatic nitrogens is 3. The van der Waals surface area contributed by atoms with Gasteiger partial charge in [-0.15, -0.1) is 9.60 Å². The summed E-state index contributed by atoms with van der Waals surface area (Å²) in [5.74, 6) is 0.190. The number of likely N-dealkylation sites (N-methyl/N-ethyl adjacent to an activating group) is 1. The number of aromatic hydroxyl groups is 1. The van der Waals surface area contributed by atoms with Crippen molar-refractivity contribution in [2.24, 2.45) is 0 Å². The number of pyridine rings is 1. The third kappa shape index (κ3) is 6.66. The minimum absolute atomic E-state index is 0.00324. The molecule has 0 bridgehead atoms.